The molecular weight excluding hydrogens is 188 g/mol. The number of piperidine rings is 1. The van der Waals surface area contributed by atoms with Crippen LogP contribution in [0.1, 0.15) is 24.0 Å². The number of benzene rings is 1. The van der Waals surface area contributed by atoms with Crippen molar-refractivity contribution in [2.45, 2.75) is 18.4 Å². The predicted molar refractivity (Wildman–Crippen MR) is 58.1 cm³/mol. The zero-order valence-electron chi connectivity index (χ0n) is 8.55. The minimum Gasteiger partial charge on any atom is -0.466 e. The fourth-order valence-electron chi connectivity index (χ4n) is 2.59. The van der Waals surface area contributed by atoms with Gasteiger partial charge in [-0.05, 0) is 19.2 Å². The van der Waals surface area contributed by atoms with E-state index >= 15 is 0 Å². The summed E-state index contributed by atoms with van der Waals surface area (Å²) in [6.07, 6.45) is 1.93. The zero-order valence-corrected chi connectivity index (χ0v) is 8.55. The molecule has 78 valence electrons. The van der Waals surface area contributed by atoms with Crippen LogP contribution in [0.5, 0.6) is 0 Å². The highest BCUT2D eigenvalue weighted by atomic mass is 16.5. The Morgan fingerprint density at radius 2 is 1.93 bits per heavy atom. The van der Waals surface area contributed by atoms with Crippen molar-refractivity contribution < 1.29 is 4.74 Å². The van der Waals surface area contributed by atoms with Gasteiger partial charge in [0, 0.05) is 24.0 Å². The Kier molecular flexibility index (Phi) is 1.83. The summed E-state index contributed by atoms with van der Waals surface area (Å²) in [7, 11) is 0. The molecule has 1 fully saturated rings. The van der Waals surface area contributed by atoms with Crippen LogP contribution in [0.4, 0.5) is 0 Å². The molecule has 1 spiro atoms. The molecule has 2 heterocycles. The molecular formula is C12H14N2O. The van der Waals surface area contributed by atoms with Crippen LogP contribution in [0.2, 0.25) is 0 Å². The van der Waals surface area contributed by atoms with Gasteiger partial charge in [0.05, 0.1) is 0 Å². The molecule has 1 aromatic rings. The molecule has 3 rings (SSSR count). The lowest BCUT2D eigenvalue weighted by molar-refractivity contribution is 0.0333. The number of hydrogen-bond acceptors (Lipinski definition) is 3. The fraction of sp³-hybridized carbons (Fsp3) is 0.417. The Balaban J connectivity index is 2.10. The van der Waals surface area contributed by atoms with Gasteiger partial charge in [-0.2, -0.15) is 0 Å². The van der Waals surface area contributed by atoms with Crippen LogP contribution in [0.3, 0.4) is 0 Å². The van der Waals surface area contributed by atoms with E-state index in [0.29, 0.717) is 5.90 Å². The normalized spacial score (nSPS) is 22.5. The first-order valence-electron chi connectivity index (χ1n) is 5.40. The quantitative estimate of drug-likeness (QED) is 0.671. The number of hydrogen-bond donors (Lipinski definition) is 2. The van der Waals surface area contributed by atoms with Crippen LogP contribution in [-0.4, -0.2) is 19.0 Å². The van der Waals surface area contributed by atoms with E-state index in [4.69, 9.17) is 10.1 Å². The highest BCUT2D eigenvalue weighted by Crippen LogP contribution is 2.42. The van der Waals surface area contributed by atoms with Gasteiger partial charge in [-0.3, -0.25) is 5.41 Å². The first-order valence-corrected chi connectivity index (χ1v) is 5.40. The first-order chi connectivity index (χ1) is 7.32. The third-order valence-electron chi connectivity index (χ3n) is 3.37. The van der Waals surface area contributed by atoms with Crippen molar-refractivity contribution in [2.24, 2.45) is 0 Å². The Morgan fingerprint density at radius 3 is 2.73 bits per heavy atom. The maximum atomic E-state index is 7.85. The molecule has 2 aliphatic rings. The molecule has 15 heavy (non-hydrogen) atoms. The Labute approximate surface area is 89.0 Å². The lowest BCUT2D eigenvalue weighted by Gasteiger charge is -2.33. The topological polar surface area (TPSA) is 45.1 Å². The van der Waals surface area contributed by atoms with Crippen LogP contribution in [0.25, 0.3) is 0 Å². The molecule has 0 bridgehead atoms. The van der Waals surface area contributed by atoms with Crippen LogP contribution in [-0.2, 0) is 10.3 Å². The fourth-order valence-corrected chi connectivity index (χ4v) is 2.59. The number of ether oxygens (including phenoxy) is 1. The Hall–Kier alpha value is -1.35. The second kappa shape index (κ2) is 3.07. The van der Waals surface area contributed by atoms with Crippen molar-refractivity contribution in [3.63, 3.8) is 0 Å². The number of fused-ring (bicyclic) bond motifs is 2. The van der Waals surface area contributed by atoms with Crippen molar-refractivity contribution in [3.05, 3.63) is 35.4 Å². The van der Waals surface area contributed by atoms with Crippen molar-refractivity contribution in [1.29, 1.82) is 5.41 Å². The van der Waals surface area contributed by atoms with Gasteiger partial charge in [0.2, 0.25) is 5.90 Å². The van der Waals surface area contributed by atoms with Crippen molar-refractivity contribution in [3.8, 4) is 0 Å². The van der Waals surface area contributed by atoms with E-state index in [9.17, 15) is 0 Å². The van der Waals surface area contributed by atoms with Gasteiger partial charge in [0.1, 0.15) is 5.60 Å². The van der Waals surface area contributed by atoms with Gasteiger partial charge in [0.15, 0.2) is 0 Å². The number of rotatable bonds is 0. The molecule has 2 aliphatic heterocycles. The molecule has 0 amide bonds. The van der Waals surface area contributed by atoms with Crippen LogP contribution < -0.4 is 5.32 Å². The molecule has 0 atom stereocenters. The highest BCUT2D eigenvalue weighted by molar-refractivity contribution is 5.96. The van der Waals surface area contributed by atoms with E-state index in [1.165, 1.54) is 5.56 Å². The molecule has 3 heteroatoms. The van der Waals surface area contributed by atoms with Crippen LogP contribution in [0.15, 0.2) is 24.3 Å². The van der Waals surface area contributed by atoms with E-state index in [1.54, 1.807) is 0 Å². The van der Waals surface area contributed by atoms with Gasteiger partial charge in [-0.1, -0.05) is 18.2 Å². The van der Waals surface area contributed by atoms with Gasteiger partial charge in [-0.15, -0.1) is 0 Å². The van der Waals surface area contributed by atoms with E-state index in [2.05, 4.69) is 11.4 Å². The highest BCUT2D eigenvalue weighted by Gasteiger charge is 2.44. The zero-order chi connectivity index (χ0) is 10.3. The van der Waals surface area contributed by atoms with Crippen molar-refractivity contribution >= 4 is 5.90 Å². The molecule has 0 aliphatic carbocycles. The molecule has 3 nitrogen and oxygen atoms in total. The Morgan fingerprint density at radius 1 is 1.20 bits per heavy atom. The lowest BCUT2D eigenvalue weighted by atomic mass is 9.84. The molecule has 0 radical (unpaired) electrons. The number of nitrogens with one attached hydrogen (secondary N) is 2. The third-order valence-corrected chi connectivity index (χ3v) is 3.37. The lowest BCUT2D eigenvalue weighted by Crippen LogP contribution is -2.39. The minimum atomic E-state index is -0.209. The van der Waals surface area contributed by atoms with E-state index < -0.39 is 0 Å². The van der Waals surface area contributed by atoms with Gasteiger partial charge >= 0.3 is 0 Å². The summed E-state index contributed by atoms with van der Waals surface area (Å²) in [5, 5.41) is 11.2. The second-order valence-electron chi connectivity index (χ2n) is 4.22. The summed E-state index contributed by atoms with van der Waals surface area (Å²) in [5.41, 5.74) is 1.97. The molecule has 0 unspecified atom stereocenters. The monoisotopic (exact) mass is 202 g/mol. The van der Waals surface area contributed by atoms with Crippen molar-refractivity contribution in [1.82, 2.24) is 5.32 Å². The van der Waals surface area contributed by atoms with E-state index in [1.807, 2.05) is 18.2 Å². The average molecular weight is 202 g/mol. The van der Waals surface area contributed by atoms with Crippen molar-refractivity contribution in [2.75, 3.05) is 13.1 Å². The van der Waals surface area contributed by atoms with Crippen LogP contribution >= 0.6 is 0 Å². The van der Waals surface area contributed by atoms with Gasteiger partial charge in [-0.25, -0.2) is 0 Å². The Bertz CT molecular complexity index is 408. The van der Waals surface area contributed by atoms with E-state index in [0.717, 1.165) is 31.5 Å². The maximum absolute atomic E-state index is 7.85. The van der Waals surface area contributed by atoms with Gasteiger partial charge in [0.25, 0.3) is 0 Å². The maximum Gasteiger partial charge on any atom is 0.214 e. The second-order valence-corrected chi connectivity index (χ2v) is 4.22. The first kappa shape index (κ1) is 8.92. The standard InChI is InChI=1S/C12H14N2O/c13-11-9-3-1-2-4-10(9)12(15-11)5-7-14-8-6-12/h1-4,13-14H,5-8H2. The molecule has 1 aromatic carbocycles. The van der Waals surface area contributed by atoms with E-state index in [-0.39, 0.29) is 5.60 Å². The summed E-state index contributed by atoms with van der Waals surface area (Å²) < 4.78 is 5.80. The molecule has 0 aromatic heterocycles. The summed E-state index contributed by atoms with van der Waals surface area (Å²) >= 11 is 0. The SMILES string of the molecule is N=C1OC2(CCNCC2)c2ccccc21. The summed E-state index contributed by atoms with van der Waals surface area (Å²) in [6.45, 7) is 1.95. The molecule has 0 saturated carbocycles. The predicted octanol–water partition coefficient (Wildman–Crippen LogP) is 1.62. The summed E-state index contributed by atoms with van der Waals surface area (Å²) in [5.74, 6) is 0.340. The van der Waals surface area contributed by atoms with Crippen LogP contribution in [0, 0.1) is 5.41 Å². The average Bonchev–Trinajstić information content (AvgIpc) is 2.55. The molecule has 1 saturated heterocycles. The molecule has 2 N–H and O–H groups in total. The third kappa shape index (κ3) is 1.20. The summed E-state index contributed by atoms with van der Waals surface area (Å²) in [6, 6.07) is 8.08. The smallest absolute Gasteiger partial charge is 0.214 e. The summed E-state index contributed by atoms with van der Waals surface area (Å²) in [4.78, 5) is 0. The van der Waals surface area contributed by atoms with Gasteiger partial charge < -0.3 is 10.1 Å². The largest absolute Gasteiger partial charge is 0.466 e. The minimum absolute atomic E-state index is 0.209.